The zero-order chi connectivity index (χ0) is 14.6. The van der Waals surface area contributed by atoms with Crippen molar-refractivity contribution in [2.24, 2.45) is 11.7 Å². The van der Waals surface area contributed by atoms with Crippen molar-refractivity contribution in [3.05, 3.63) is 0 Å². The van der Waals surface area contributed by atoms with Crippen LogP contribution in [0.25, 0.3) is 0 Å². The van der Waals surface area contributed by atoms with E-state index in [0.717, 1.165) is 0 Å². The lowest BCUT2D eigenvalue weighted by atomic mass is 10.2. The van der Waals surface area contributed by atoms with Gasteiger partial charge in [0.2, 0.25) is 0 Å². The number of nitrogens with one attached hydrogen (secondary N) is 1. The number of piperazine rings is 1. The Kier molecular flexibility index (Phi) is 6.13. The van der Waals surface area contributed by atoms with Crippen LogP contribution < -0.4 is 10.5 Å². The van der Waals surface area contributed by atoms with Gasteiger partial charge < -0.3 is 5.73 Å². The minimum Gasteiger partial charge on any atom is -0.392 e. The summed E-state index contributed by atoms with van der Waals surface area (Å²) in [6.45, 7) is 8.62. The maximum atomic E-state index is 12.0. The molecule has 1 aliphatic rings. The van der Waals surface area contributed by atoms with Gasteiger partial charge in [-0.1, -0.05) is 26.1 Å². The van der Waals surface area contributed by atoms with E-state index in [1.54, 1.807) is 0 Å². The first kappa shape index (κ1) is 16.8. The fourth-order valence-corrected chi connectivity index (χ4v) is 3.39. The highest BCUT2D eigenvalue weighted by atomic mass is 32.2. The third-order valence-corrected chi connectivity index (χ3v) is 5.16. The molecule has 1 saturated heterocycles. The predicted molar refractivity (Wildman–Crippen MR) is 81.2 cm³/mol. The van der Waals surface area contributed by atoms with Crippen LogP contribution in [0.5, 0.6) is 0 Å². The third-order valence-electron chi connectivity index (χ3n) is 3.25. The van der Waals surface area contributed by atoms with Gasteiger partial charge in [-0.05, 0) is 12.8 Å². The number of nitrogens with zero attached hydrogens (tertiary/aromatic N) is 2. The molecule has 0 aromatic carbocycles. The second-order valence-corrected chi connectivity index (χ2v) is 7.49. The Morgan fingerprint density at radius 2 is 1.79 bits per heavy atom. The lowest BCUT2D eigenvalue weighted by Crippen LogP contribution is -2.56. The van der Waals surface area contributed by atoms with E-state index in [1.165, 1.54) is 4.31 Å². The maximum absolute atomic E-state index is 12.0. The minimum atomic E-state index is -3.36. The third kappa shape index (κ3) is 4.96. The van der Waals surface area contributed by atoms with Crippen molar-refractivity contribution in [3.8, 4) is 0 Å². The maximum Gasteiger partial charge on any atom is 0.279 e. The molecule has 0 bridgehead atoms. The summed E-state index contributed by atoms with van der Waals surface area (Å²) in [5.74, 6) is 0.297. The van der Waals surface area contributed by atoms with Crippen LogP contribution in [0.4, 0.5) is 0 Å². The summed E-state index contributed by atoms with van der Waals surface area (Å²) in [5, 5.41) is 0. The topological polar surface area (TPSA) is 78.7 Å². The highest BCUT2D eigenvalue weighted by molar-refractivity contribution is 7.87. The molecule has 0 aromatic rings. The molecule has 0 amide bonds. The van der Waals surface area contributed by atoms with Crippen LogP contribution in [-0.2, 0) is 10.2 Å². The summed E-state index contributed by atoms with van der Waals surface area (Å²) in [6.07, 6.45) is 0. The molecule has 0 aromatic heterocycles. The summed E-state index contributed by atoms with van der Waals surface area (Å²) in [4.78, 5) is 2.56. The number of thiocarbonyl (C=S) groups is 1. The monoisotopic (exact) mass is 308 g/mol. The van der Waals surface area contributed by atoms with E-state index in [0.29, 0.717) is 43.6 Å². The fourth-order valence-electron chi connectivity index (χ4n) is 1.87. The van der Waals surface area contributed by atoms with E-state index >= 15 is 0 Å². The Labute approximate surface area is 121 Å². The summed E-state index contributed by atoms with van der Waals surface area (Å²) >= 11 is 4.96. The lowest BCUT2D eigenvalue weighted by molar-refractivity contribution is 0.173. The van der Waals surface area contributed by atoms with Crippen LogP contribution in [0.1, 0.15) is 20.8 Å². The summed E-state index contributed by atoms with van der Waals surface area (Å²) in [6, 6.07) is 0.0171. The summed E-state index contributed by atoms with van der Waals surface area (Å²) < 4.78 is 28.2. The minimum absolute atomic E-state index is 0.0171. The Balaban J connectivity index is 2.51. The van der Waals surface area contributed by atoms with Gasteiger partial charge in [0.05, 0.1) is 11.0 Å². The Morgan fingerprint density at radius 1 is 1.26 bits per heavy atom. The van der Waals surface area contributed by atoms with Gasteiger partial charge in [0.25, 0.3) is 10.2 Å². The van der Waals surface area contributed by atoms with Crippen molar-refractivity contribution in [1.82, 2.24) is 13.9 Å². The molecule has 1 rings (SSSR count). The van der Waals surface area contributed by atoms with Gasteiger partial charge in [-0.25, -0.2) is 4.72 Å². The zero-order valence-corrected chi connectivity index (χ0v) is 13.4. The Bertz CT molecular complexity index is 403. The smallest absolute Gasteiger partial charge is 0.279 e. The second-order valence-electron chi connectivity index (χ2n) is 5.26. The van der Waals surface area contributed by atoms with Crippen LogP contribution in [0.15, 0.2) is 0 Å². The normalized spacial score (nSPS) is 20.6. The van der Waals surface area contributed by atoms with E-state index in [9.17, 15) is 8.42 Å². The molecule has 0 saturated carbocycles. The first-order chi connectivity index (χ1) is 8.74. The zero-order valence-electron chi connectivity index (χ0n) is 11.8. The molecule has 6 nitrogen and oxygen atoms in total. The van der Waals surface area contributed by atoms with E-state index in [2.05, 4.69) is 9.62 Å². The number of rotatable bonds is 6. The van der Waals surface area contributed by atoms with Gasteiger partial charge in [0.1, 0.15) is 0 Å². The molecule has 112 valence electrons. The highest BCUT2D eigenvalue weighted by Gasteiger charge is 2.29. The summed E-state index contributed by atoms with van der Waals surface area (Å²) in [7, 11) is -3.36. The van der Waals surface area contributed by atoms with Crippen LogP contribution in [0.3, 0.4) is 0 Å². The highest BCUT2D eigenvalue weighted by Crippen LogP contribution is 2.09. The van der Waals surface area contributed by atoms with E-state index in [1.807, 2.05) is 20.8 Å². The van der Waals surface area contributed by atoms with Crippen molar-refractivity contribution in [2.75, 3.05) is 32.7 Å². The van der Waals surface area contributed by atoms with Crippen LogP contribution in [0.2, 0.25) is 0 Å². The van der Waals surface area contributed by atoms with Crippen molar-refractivity contribution in [1.29, 1.82) is 0 Å². The largest absolute Gasteiger partial charge is 0.392 e. The molecule has 0 aliphatic carbocycles. The van der Waals surface area contributed by atoms with Gasteiger partial charge in [0.15, 0.2) is 0 Å². The molecule has 3 N–H and O–H groups in total. The molecule has 19 heavy (non-hydrogen) atoms. The molecule has 1 fully saturated rings. The average molecular weight is 308 g/mol. The lowest BCUT2D eigenvalue weighted by Gasteiger charge is -2.36. The molecule has 1 aliphatic heterocycles. The van der Waals surface area contributed by atoms with E-state index < -0.39 is 10.2 Å². The molecule has 8 heteroatoms. The first-order valence-electron chi connectivity index (χ1n) is 6.52. The molecule has 1 unspecified atom stereocenters. The van der Waals surface area contributed by atoms with Gasteiger partial charge in [0, 0.05) is 32.7 Å². The SMILES string of the molecule is CC(C)CNS(=O)(=O)N1CCN(C(C)C(N)=S)CC1. The van der Waals surface area contributed by atoms with Crippen LogP contribution in [0, 0.1) is 5.92 Å². The number of hydrogen-bond acceptors (Lipinski definition) is 4. The first-order valence-corrected chi connectivity index (χ1v) is 8.37. The predicted octanol–water partition coefficient (Wildman–Crippen LogP) is -0.231. The standard InChI is InChI=1S/C11H24N4O2S2/c1-9(2)8-13-19(16,17)15-6-4-14(5-7-15)10(3)11(12)18/h9-10,13H,4-8H2,1-3H3,(H2,12,18). The van der Waals surface area contributed by atoms with E-state index in [4.69, 9.17) is 18.0 Å². The Hall–Kier alpha value is -0.280. The summed E-state index contributed by atoms with van der Waals surface area (Å²) in [5.41, 5.74) is 5.61. The molecular weight excluding hydrogens is 284 g/mol. The molecule has 0 spiro atoms. The fraction of sp³-hybridized carbons (Fsp3) is 0.909. The van der Waals surface area contributed by atoms with Gasteiger partial charge in [-0.15, -0.1) is 0 Å². The molecule has 1 atom stereocenters. The van der Waals surface area contributed by atoms with Crippen LogP contribution in [-0.4, -0.2) is 61.4 Å². The van der Waals surface area contributed by atoms with Gasteiger partial charge in [-0.2, -0.15) is 12.7 Å². The molecule has 0 radical (unpaired) electrons. The quantitative estimate of drug-likeness (QED) is 0.663. The number of nitrogens with two attached hydrogens (primary N) is 1. The number of hydrogen-bond donors (Lipinski definition) is 2. The van der Waals surface area contributed by atoms with Crippen molar-refractivity contribution < 1.29 is 8.42 Å². The van der Waals surface area contributed by atoms with Crippen molar-refractivity contribution in [2.45, 2.75) is 26.8 Å². The van der Waals surface area contributed by atoms with Gasteiger partial charge >= 0.3 is 0 Å². The van der Waals surface area contributed by atoms with Crippen molar-refractivity contribution in [3.63, 3.8) is 0 Å². The Morgan fingerprint density at radius 3 is 2.21 bits per heavy atom. The molecule has 1 heterocycles. The average Bonchev–Trinajstić information content (AvgIpc) is 2.35. The van der Waals surface area contributed by atoms with E-state index in [-0.39, 0.29) is 6.04 Å². The van der Waals surface area contributed by atoms with Crippen LogP contribution >= 0.6 is 12.2 Å². The second kappa shape index (κ2) is 6.94. The molecular formula is C11H24N4O2S2. The van der Waals surface area contributed by atoms with Gasteiger partial charge in [-0.3, -0.25) is 4.90 Å². The van der Waals surface area contributed by atoms with Crippen molar-refractivity contribution >= 4 is 27.4 Å².